The molecule has 0 aliphatic carbocycles. The van der Waals surface area contributed by atoms with Gasteiger partial charge in [0.15, 0.2) is 6.61 Å². The predicted octanol–water partition coefficient (Wildman–Crippen LogP) is 2.56. The van der Waals surface area contributed by atoms with E-state index < -0.39 is 21.8 Å². The molecular formula is C35H40N6O6S. The summed E-state index contributed by atoms with van der Waals surface area (Å²) < 4.78 is 37.7. The zero-order chi connectivity index (χ0) is 33.7. The van der Waals surface area contributed by atoms with Crippen molar-refractivity contribution in [1.29, 1.82) is 0 Å². The van der Waals surface area contributed by atoms with E-state index in [9.17, 15) is 22.8 Å². The molecule has 252 valence electrons. The fraction of sp³-hybridized carbons (Fsp3) is 0.343. The maximum absolute atomic E-state index is 14.7. The van der Waals surface area contributed by atoms with Crippen molar-refractivity contribution in [3.05, 3.63) is 107 Å². The lowest BCUT2D eigenvalue weighted by molar-refractivity contribution is -0.122. The van der Waals surface area contributed by atoms with Gasteiger partial charge >= 0.3 is 5.69 Å². The molecule has 2 saturated heterocycles. The second-order valence-corrected chi connectivity index (χ2v) is 13.9. The van der Waals surface area contributed by atoms with Gasteiger partial charge in [0.05, 0.1) is 23.2 Å². The van der Waals surface area contributed by atoms with Gasteiger partial charge in [0.1, 0.15) is 11.4 Å². The van der Waals surface area contributed by atoms with Gasteiger partial charge in [0, 0.05) is 51.9 Å². The smallest absolute Gasteiger partial charge is 0.329 e. The van der Waals surface area contributed by atoms with E-state index in [1.54, 1.807) is 58.0 Å². The molecule has 6 rings (SSSR count). The summed E-state index contributed by atoms with van der Waals surface area (Å²) in [5.74, 6) is -0.0837. The zero-order valence-corrected chi connectivity index (χ0v) is 27.7. The molecule has 0 spiro atoms. The number of carbonyl (C=O) groups excluding carboxylic acids is 2. The van der Waals surface area contributed by atoms with Gasteiger partial charge in [-0.1, -0.05) is 60.7 Å². The molecule has 2 amide bonds. The standard InChI is InChI=1S/C35H40N6O6S/c1-36-31(42)25-47-29-14-8-10-26(22-29)23-40-33(34(43)38-20-17-37-18-21-38)32(27-11-4-2-5-12-27)41(35(40)44)28-13-9-19-39(24-28)48(45,46)30-15-6-3-7-16-30/h2-8,10-12,14-16,22,28,37H,9,13,17-21,23-25H2,1H3,(H,36,42). The third-order valence-electron chi connectivity index (χ3n) is 8.82. The number of piperidine rings is 1. The number of aromatic nitrogens is 2. The number of carbonyl (C=O) groups is 2. The first kappa shape index (κ1) is 33.2. The highest BCUT2D eigenvalue weighted by molar-refractivity contribution is 7.89. The molecule has 0 radical (unpaired) electrons. The SMILES string of the molecule is CNC(=O)COc1cccc(Cn2c(C(=O)N3CCNCC3)c(-c3ccccc3)n(C3CCCN(S(=O)(=O)c4ccccc4)C3)c2=O)c1. The normalized spacial score (nSPS) is 17.2. The van der Waals surface area contributed by atoms with Crippen LogP contribution in [-0.2, 0) is 21.4 Å². The molecule has 48 heavy (non-hydrogen) atoms. The number of rotatable bonds is 10. The number of nitrogens with zero attached hydrogens (tertiary/aromatic N) is 4. The Morgan fingerprint density at radius 2 is 1.65 bits per heavy atom. The molecule has 13 heteroatoms. The van der Waals surface area contributed by atoms with Crippen LogP contribution in [0.1, 0.15) is 34.9 Å². The van der Waals surface area contributed by atoms with E-state index in [-0.39, 0.29) is 42.1 Å². The molecule has 0 bridgehead atoms. The second kappa shape index (κ2) is 14.6. The molecule has 4 aromatic rings. The summed E-state index contributed by atoms with van der Waals surface area (Å²) >= 11 is 0. The van der Waals surface area contributed by atoms with Gasteiger partial charge < -0.3 is 20.3 Å². The molecule has 2 aliphatic rings. The number of hydrogen-bond acceptors (Lipinski definition) is 7. The van der Waals surface area contributed by atoms with Crippen molar-refractivity contribution >= 4 is 21.8 Å². The number of piperazine rings is 1. The molecule has 3 aromatic carbocycles. The van der Waals surface area contributed by atoms with Gasteiger partial charge in [-0.2, -0.15) is 4.31 Å². The second-order valence-electron chi connectivity index (χ2n) is 11.9. The first-order chi connectivity index (χ1) is 23.3. The number of ether oxygens (including phenoxy) is 1. The van der Waals surface area contributed by atoms with Gasteiger partial charge in [0.2, 0.25) is 10.0 Å². The summed E-state index contributed by atoms with van der Waals surface area (Å²) in [4.78, 5) is 43.0. The van der Waals surface area contributed by atoms with Crippen molar-refractivity contribution in [3.8, 4) is 17.0 Å². The number of likely N-dealkylation sites (N-methyl/N-ethyl adjacent to an activating group) is 1. The Labute approximate surface area is 280 Å². The van der Waals surface area contributed by atoms with E-state index in [2.05, 4.69) is 10.6 Å². The lowest BCUT2D eigenvalue weighted by Gasteiger charge is -2.33. The maximum atomic E-state index is 14.7. The summed E-state index contributed by atoms with van der Waals surface area (Å²) in [5.41, 5.74) is 1.73. The Hall–Kier alpha value is -4.72. The van der Waals surface area contributed by atoms with Crippen molar-refractivity contribution in [2.45, 2.75) is 30.3 Å². The molecule has 2 aliphatic heterocycles. The summed E-state index contributed by atoms with van der Waals surface area (Å²) in [6, 6.07) is 24.2. The average molecular weight is 673 g/mol. The van der Waals surface area contributed by atoms with Crippen molar-refractivity contribution in [1.82, 2.24) is 29.0 Å². The molecule has 0 saturated carbocycles. The number of nitrogens with one attached hydrogen (secondary N) is 2. The van der Waals surface area contributed by atoms with Crippen LogP contribution in [0, 0.1) is 0 Å². The zero-order valence-electron chi connectivity index (χ0n) is 26.9. The minimum atomic E-state index is -3.81. The molecule has 3 heterocycles. The van der Waals surface area contributed by atoms with Crippen molar-refractivity contribution in [3.63, 3.8) is 0 Å². The highest BCUT2D eigenvalue weighted by Gasteiger charge is 2.37. The number of benzene rings is 3. The Morgan fingerprint density at radius 1 is 0.938 bits per heavy atom. The van der Waals surface area contributed by atoms with Gasteiger partial charge in [-0.05, 0) is 42.7 Å². The monoisotopic (exact) mass is 672 g/mol. The largest absolute Gasteiger partial charge is 0.484 e. The summed E-state index contributed by atoms with van der Waals surface area (Å²) in [6.07, 6.45) is 1.11. The summed E-state index contributed by atoms with van der Waals surface area (Å²) in [5, 5.41) is 5.81. The van der Waals surface area contributed by atoms with Crippen LogP contribution in [0.25, 0.3) is 11.3 Å². The fourth-order valence-electron chi connectivity index (χ4n) is 6.38. The van der Waals surface area contributed by atoms with Gasteiger partial charge in [-0.3, -0.25) is 18.7 Å². The van der Waals surface area contributed by atoms with Gasteiger partial charge in [0.25, 0.3) is 11.8 Å². The minimum absolute atomic E-state index is 0.0642. The van der Waals surface area contributed by atoms with Gasteiger partial charge in [-0.15, -0.1) is 0 Å². The molecule has 2 N–H and O–H groups in total. The Kier molecular flexibility index (Phi) is 10.1. The molecule has 1 unspecified atom stereocenters. The summed E-state index contributed by atoms with van der Waals surface area (Å²) in [6.45, 7) is 2.57. The van der Waals surface area contributed by atoms with E-state index in [0.717, 1.165) is 0 Å². The lowest BCUT2D eigenvalue weighted by Crippen LogP contribution is -2.47. The third kappa shape index (κ3) is 6.93. The highest BCUT2D eigenvalue weighted by Crippen LogP contribution is 2.33. The number of amides is 2. The van der Waals surface area contributed by atoms with Crippen LogP contribution >= 0.6 is 0 Å². The van der Waals surface area contributed by atoms with Crippen LogP contribution in [0.2, 0.25) is 0 Å². The number of sulfonamides is 1. The number of imidazole rings is 1. The first-order valence-electron chi connectivity index (χ1n) is 16.2. The topological polar surface area (TPSA) is 135 Å². The van der Waals surface area contributed by atoms with E-state index in [4.69, 9.17) is 4.74 Å². The Morgan fingerprint density at radius 3 is 2.35 bits per heavy atom. The lowest BCUT2D eigenvalue weighted by atomic mass is 10.0. The van der Waals surface area contributed by atoms with E-state index in [1.807, 2.05) is 36.4 Å². The Bertz CT molecular complexity index is 1920. The number of hydrogen-bond donors (Lipinski definition) is 2. The van der Waals surface area contributed by atoms with Crippen LogP contribution in [0.4, 0.5) is 0 Å². The van der Waals surface area contributed by atoms with Crippen molar-refractivity contribution in [2.75, 3.05) is 52.9 Å². The molecule has 2 fully saturated rings. The molecule has 1 aromatic heterocycles. The predicted molar refractivity (Wildman–Crippen MR) is 181 cm³/mol. The highest BCUT2D eigenvalue weighted by atomic mass is 32.2. The maximum Gasteiger partial charge on any atom is 0.329 e. The quantitative estimate of drug-likeness (QED) is 0.265. The average Bonchev–Trinajstić information content (AvgIpc) is 3.42. The van der Waals surface area contributed by atoms with Crippen LogP contribution < -0.4 is 21.1 Å². The van der Waals surface area contributed by atoms with E-state index >= 15 is 0 Å². The van der Waals surface area contributed by atoms with E-state index in [1.165, 1.54) is 15.9 Å². The van der Waals surface area contributed by atoms with Crippen molar-refractivity contribution < 1.29 is 22.7 Å². The summed E-state index contributed by atoms with van der Waals surface area (Å²) in [7, 11) is -2.28. The fourth-order valence-corrected chi connectivity index (χ4v) is 7.92. The van der Waals surface area contributed by atoms with Crippen molar-refractivity contribution in [2.24, 2.45) is 0 Å². The Balaban J connectivity index is 1.47. The molecular weight excluding hydrogens is 632 g/mol. The van der Waals surface area contributed by atoms with Crippen LogP contribution in [0.5, 0.6) is 5.75 Å². The van der Waals surface area contributed by atoms with Gasteiger partial charge in [-0.25, -0.2) is 13.2 Å². The van der Waals surface area contributed by atoms with Crippen LogP contribution in [0.3, 0.4) is 0 Å². The minimum Gasteiger partial charge on any atom is -0.484 e. The van der Waals surface area contributed by atoms with Crippen LogP contribution in [-0.4, -0.2) is 91.5 Å². The third-order valence-corrected chi connectivity index (χ3v) is 10.7. The first-order valence-corrected chi connectivity index (χ1v) is 17.6. The van der Waals surface area contributed by atoms with E-state index in [0.29, 0.717) is 68.1 Å². The van der Waals surface area contributed by atoms with Crippen LogP contribution in [0.15, 0.2) is 94.6 Å². The molecule has 1 atom stereocenters. The molecule has 12 nitrogen and oxygen atoms in total.